The highest BCUT2D eigenvalue weighted by Crippen LogP contribution is 2.22. The highest BCUT2D eigenvalue weighted by Gasteiger charge is 2.17. The predicted molar refractivity (Wildman–Crippen MR) is 109 cm³/mol. The standard InChI is InChI=1S/C22H31N3O2/c1-16-8-4-6-12-25(16)13-7-5-11-23-22(26)20-14-18-9-10-19(27-3)15-21(18)24-17(20)2/h9-10,14-16H,4-8,11-13H2,1-3H3,(H,23,26). The molecule has 0 spiro atoms. The number of hydrogen-bond donors (Lipinski definition) is 1. The molecule has 1 aliphatic heterocycles. The van der Waals surface area contributed by atoms with Gasteiger partial charge in [-0.3, -0.25) is 9.78 Å². The summed E-state index contributed by atoms with van der Waals surface area (Å²) in [5.41, 5.74) is 2.24. The predicted octanol–water partition coefficient (Wildman–Crippen LogP) is 3.94. The Labute approximate surface area is 162 Å². The molecule has 1 atom stereocenters. The molecule has 1 aromatic carbocycles. The molecule has 1 unspecified atom stereocenters. The summed E-state index contributed by atoms with van der Waals surface area (Å²) in [6, 6.07) is 8.35. The molecule has 0 radical (unpaired) electrons. The van der Waals surface area contributed by atoms with Gasteiger partial charge in [-0.25, -0.2) is 0 Å². The molecule has 0 bridgehead atoms. The van der Waals surface area contributed by atoms with E-state index in [9.17, 15) is 4.79 Å². The summed E-state index contributed by atoms with van der Waals surface area (Å²) >= 11 is 0. The van der Waals surface area contributed by atoms with Gasteiger partial charge in [0, 0.05) is 24.0 Å². The van der Waals surface area contributed by atoms with Crippen LogP contribution in [0.1, 0.15) is 55.1 Å². The van der Waals surface area contributed by atoms with E-state index in [1.54, 1.807) is 7.11 Å². The first-order valence-electron chi connectivity index (χ1n) is 10.1. The molecule has 1 N–H and O–H groups in total. The number of methoxy groups -OCH3 is 1. The number of aryl methyl sites for hydroxylation is 1. The zero-order chi connectivity index (χ0) is 19.2. The first-order chi connectivity index (χ1) is 13.1. The summed E-state index contributed by atoms with van der Waals surface area (Å²) in [5.74, 6) is 0.735. The highest BCUT2D eigenvalue weighted by molar-refractivity contribution is 5.98. The lowest BCUT2D eigenvalue weighted by molar-refractivity contribution is 0.0950. The van der Waals surface area contributed by atoms with Gasteiger partial charge in [-0.15, -0.1) is 0 Å². The number of rotatable bonds is 7. The van der Waals surface area contributed by atoms with E-state index < -0.39 is 0 Å². The van der Waals surface area contributed by atoms with E-state index in [4.69, 9.17) is 4.74 Å². The van der Waals surface area contributed by atoms with Crippen molar-refractivity contribution in [3.05, 3.63) is 35.5 Å². The van der Waals surface area contributed by atoms with Crippen LogP contribution in [0.5, 0.6) is 5.75 Å². The Morgan fingerprint density at radius 3 is 2.93 bits per heavy atom. The zero-order valence-electron chi connectivity index (χ0n) is 16.8. The van der Waals surface area contributed by atoms with Gasteiger partial charge in [-0.2, -0.15) is 0 Å². The Balaban J connectivity index is 1.51. The third kappa shape index (κ3) is 4.98. The van der Waals surface area contributed by atoms with Gasteiger partial charge < -0.3 is 15.0 Å². The van der Waals surface area contributed by atoms with Crippen molar-refractivity contribution in [1.29, 1.82) is 0 Å². The number of benzene rings is 1. The molecule has 2 heterocycles. The van der Waals surface area contributed by atoms with E-state index in [0.717, 1.165) is 41.7 Å². The van der Waals surface area contributed by atoms with Crippen LogP contribution in [-0.4, -0.2) is 48.6 Å². The summed E-state index contributed by atoms with van der Waals surface area (Å²) in [6.45, 7) is 7.27. The maximum atomic E-state index is 12.6. The van der Waals surface area contributed by atoms with Crippen LogP contribution >= 0.6 is 0 Å². The number of hydrogen-bond acceptors (Lipinski definition) is 4. The van der Waals surface area contributed by atoms with Gasteiger partial charge in [0.05, 0.1) is 23.9 Å². The maximum Gasteiger partial charge on any atom is 0.253 e. The molecule has 1 aromatic heterocycles. The van der Waals surface area contributed by atoms with E-state index >= 15 is 0 Å². The lowest BCUT2D eigenvalue weighted by atomic mass is 10.0. The topological polar surface area (TPSA) is 54.5 Å². The minimum atomic E-state index is -0.0379. The SMILES string of the molecule is COc1ccc2cc(C(=O)NCCCCN3CCCCC3C)c(C)nc2c1. The summed E-state index contributed by atoms with van der Waals surface area (Å²) in [6.07, 6.45) is 6.13. The number of pyridine rings is 1. The molecule has 1 amide bonds. The molecule has 0 saturated carbocycles. The van der Waals surface area contributed by atoms with Crippen molar-refractivity contribution in [3.63, 3.8) is 0 Å². The van der Waals surface area contributed by atoms with E-state index in [1.807, 2.05) is 31.2 Å². The molecule has 1 aliphatic rings. The van der Waals surface area contributed by atoms with Crippen molar-refractivity contribution in [2.24, 2.45) is 0 Å². The molecule has 0 aliphatic carbocycles. The van der Waals surface area contributed by atoms with Crippen LogP contribution in [0.25, 0.3) is 10.9 Å². The van der Waals surface area contributed by atoms with Crippen LogP contribution in [0.3, 0.4) is 0 Å². The monoisotopic (exact) mass is 369 g/mol. The summed E-state index contributed by atoms with van der Waals surface area (Å²) in [4.78, 5) is 19.7. The normalized spacial score (nSPS) is 17.8. The second kappa shape index (κ2) is 9.18. The smallest absolute Gasteiger partial charge is 0.253 e. The van der Waals surface area contributed by atoms with Crippen molar-refractivity contribution < 1.29 is 9.53 Å². The van der Waals surface area contributed by atoms with Crippen molar-refractivity contribution >= 4 is 16.8 Å². The molecule has 146 valence electrons. The first kappa shape index (κ1) is 19.6. The van der Waals surface area contributed by atoms with Crippen molar-refractivity contribution in [2.75, 3.05) is 26.7 Å². The molecular weight excluding hydrogens is 338 g/mol. The molecule has 27 heavy (non-hydrogen) atoms. The van der Waals surface area contributed by atoms with Crippen LogP contribution in [0, 0.1) is 6.92 Å². The number of amides is 1. The van der Waals surface area contributed by atoms with E-state index in [0.29, 0.717) is 18.2 Å². The number of nitrogens with one attached hydrogen (secondary N) is 1. The van der Waals surface area contributed by atoms with Crippen LogP contribution in [0.2, 0.25) is 0 Å². The number of piperidine rings is 1. The number of ether oxygens (including phenoxy) is 1. The molecule has 1 fully saturated rings. The summed E-state index contributed by atoms with van der Waals surface area (Å²) in [5, 5.41) is 4.00. The van der Waals surface area contributed by atoms with Crippen molar-refractivity contribution in [2.45, 2.75) is 52.0 Å². The van der Waals surface area contributed by atoms with E-state index in [2.05, 4.69) is 22.1 Å². The Kier molecular flexibility index (Phi) is 6.67. The average Bonchev–Trinajstić information content (AvgIpc) is 2.67. The molecule has 5 nitrogen and oxygen atoms in total. The van der Waals surface area contributed by atoms with Gasteiger partial charge in [-0.1, -0.05) is 6.42 Å². The Bertz CT molecular complexity index is 790. The Morgan fingerprint density at radius 2 is 2.15 bits per heavy atom. The maximum absolute atomic E-state index is 12.6. The second-order valence-electron chi connectivity index (χ2n) is 7.52. The first-order valence-corrected chi connectivity index (χ1v) is 10.1. The number of fused-ring (bicyclic) bond motifs is 1. The van der Waals surface area contributed by atoms with Gasteiger partial charge in [0.2, 0.25) is 0 Å². The number of carbonyl (C=O) groups excluding carboxylic acids is 1. The van der Waals surface area contributed by atoms with Gasteiger partial charge in [-0.05, 0) is 70.8 Å². The summed E-state index contributed by atoms with van der Waals surface area (Å²) < 4.78 is 5.24. The highest BCUT2D eigenvalue weighted by atomic mass is 16.5. The fourth-order valence-electron chi connectivity index (χ4n) is 3.83. The van der Waals surface area contributed by atoms with Crippen LogP contribution < -0.4 is 10.1 Å². The van der Waals surface area contributed by atoms with Gasteiger partial charge >= 0.3 is 0 Å². The quantitative estimate of drug-likeness (QED) is 0.751. The molecule has 1 saturated heterocycles. The molecule has 5 heteroatoms. The number of unbranched alkanes of at least 4 members (excludes halogenated alkanes) is 1. The Hall–Kier alpha value is -2.14. The zero-order valence-corrected chi connectivity index (χ0v) is 16.8. The Morgan fingerprint density at radius 1 is 1.30 bits per heavy atom. The fourth-order valence-corrected chi connectivity index (χ4v) is 3.83. The van der Waals surface area contributed by atoms with Gasteiger partial charge in [0.1, 0.15) is 5.75 Å². The summed E-state index contributed by atoms with van der Waals surface area (Å²) in [7, 11) is 1.64. The van der Waals surface area contributed by atoms with E-state index in [-0.39, 0.29) is 5.91 Å². The number of aromatic nitrogens is 1. The van der Waals surface area contributed by atoms with Crippen LogP contribution in [0.15, 0.2) is 24.3 Å². The minimum Gasteiger partial charge on any atom is -0.497 e. The molecular formula is C22H31N3O2. The molecule has 3 rings (SSSR count). The van der Waals surface area contributed by atoms with Gasteiger partial charge in [0.25, 0.3) is 5.91 Å². The third-order valence-corrected chi connectivity index (χ3v) is 5.56. The largest absolute Gasteiger partial charge is 0.497 e. The molecule has 2 aromatic rings. The van der Waals surface area contributed by atoms with Crippen molar-refractivity contribution in [3.8, 4) is 5.75 Å². The lowest BCUT2D eigenvalue weighted by Crippen LogP contribution is -2.38. The van der Waals surface area contributed by atoms with Gasteiger partial charge in [0.15, 0.2) is 0 Å². The number of likely N-dealkylation sites (tertiary alicyclic amines) is 1. The van der Waals surface area contributed by atoms with Crippen LogP contribution in [-0.2, 0) is 0 Å². The average molecular weight is 370 g/mol. The minimum absolute atomic E-state index is 0.0379. The van der Waals surface area contributed by atoms with E-state index in [1.165, 1.54) is 25.8 Å². The third-order valence-electron chi connectivity index (χ3n) is 5.56. The number of carbonyl (C=O) groups is 1. The van der Waals surface area contributed by atoms with Crippen LogP contribution in [0.4, 0.5) is 0 Å². The number of nitrogens with zero attached hydrogens (tertiary/aromatic N) is 2. The fraction of sp³-hybridized carbons (Fsp3) is 0.545. The second-order valence-corrected chi connectivity index (χ2v) is 7.52. The lowest BCUT2D eigenvalue weighted by Gasteiger charge is -2.33. The van der Waals surface area contributed by atoms with Crippen molar-refractivity contribution in [1.82, 2.24) is 15.2 Å².